The third-order valence-corrected chi connectivity index (χ3v) is 3.71. The number of hydrogen-bond donors (Lipinski definition) is 1. The summed E-state index contributed by atoms with van der Waals surface area (Å²) >= 11 is 0. The molecule has 0 spiro atoms. The molecule has 0 saturated carbocycles. The number of aromatic nitrogens is 1. The van der Waals surface area contributed by atoms with Crippen LogP contribution in [0.4, 0.5) is 19.0 Å². The monoisotopic (exact) mass is 298 g/mol. The fourth-order valence-electron chi connectivity index (χ4n) is 2.52. The Kier molecular flexibility index (Phi) is 4.68. The smallest absolute Gasteiger partial charge is 0.356 e. The predicted molar refractivity (Wildman–Crippen MR) is 72.9 cm³/mol. The van der Waals surface area contributed by atoms with Crippen molar-refractivity contribution in [1.29, 1.82) is 5.26 Å². The number of halogens is 3. The van der Waals surface area contributed by atoms with Gasteiger partial charge in [0, 0.05) is 13.1 Å². The van der Waals surface area contributed by atoms with E-state index in [0.717, 1.165) is 38.4 Å². The van der Waals surface area contributed by atoms with Crippen molar-refractivity contribution in [3.05, 3.63) is 23.4 Å². The van der Waals surface area contributed by atoms with Gasteiger partial charge in [0.2, 0.25) is 0 Å². The standard InChI is InChI=1S/C14H17F3N4/c1-21(11-3-2-7-19-8-6-11)13-10(9-18)4-5-12(20-13)14(15,16)17/h4-5,11,19H,2-3,6-8H2,1H3. The van der Waals surface area contributed by atoms with Crippen LogP contribution in [0.5, 0.6) is 0 Å². The van der Waals surface area contributed by atoms with Gasteiger partial charge < -0.3 is 10.2 Å². The maximum atomic E-state index is 12.8. The van der Waals surface area contributed by atoms with Crippen LogP contribution in [0.15, 0.2) is 12.1 Å². The molecular formula is C14H17F3N4. The molecule has 0 aromatic carbocycles. The summed E-state index contributed by atoms with van der Waals surface area (Å²) in [7, 11) is 1.71. The SMILES string of the molecule is CN(c1nc(C(F)(F)F)ccc1C#N)C1CCCNCC1. The molecule has 1 N–H and O–H groups in total. The summed E-state index contributed by atoms with van der Waals surface area (Å²) in [6.07, 6.45) is -1.87. The molecule has 1 aliphatic heterocycles. The molecule has 1 atom stereocenters. The molecule has 1 aromatic rings. The summed E-state index contributed by atoms with van der Waals surface area (Å²) in [5.41, 5.74) is -0.794. The zero-order valence-corrected chi connectivity index (χ0v) is 11.7. The van der Waals surface area contributed by atoms with Crippen molar-refractivity contribution in [3.63, 3.8) is 0 Å². The molecule has 1 saturated heterocycles. The molecule has 7 heteroatoms. The molecule has 0 bridgehead atoms. The van der Waals surface area contributed by atoms with E-state index in [9.17, 15) is 13.2 Å². The van der Waals surface area contributed by atoms with E-state index in [4.69, 9.17) is 5.26 Å². The van der Waals surface area contributed by atoms with Crippen LogP contribution in [0.3, 0.4) is 0 Å². The van der Waals surface area contributed by atoms with E-state index >= 15 is 0 Å². The second kappa shape index (κ2) is 6.31. The number of nitrogens with one attached hydrogen (secondary N) is 1. The van der Waals surface area contributed by atoms with Gasteiger partial charge in [-0.2, -0.15) is 18.4 Å². The highest BCUT2D eigenvalue weighted by Crippen LogP contribution is 2.31. The van der Waals surface area contributed by atoms with E-state index in [0.29, 0.717) is 0 Å². The van der Waals surface area contributed by atoms with Crippen molar-refractivity contribution >= 4 is 5.82 Å². The lowest BCUT2D eigenvalue weighted by Gasteiger charge is -2.29. The second-order valence-corrected chi connectivity index (χ2v) is 5.12. The first-order valence-electron chi connectivity index (χ1n) is 6.85. The highest BCUT2D eigenvalue weighted by molar-refractivity contribution is 5.54. The largest absolute Gasteiger partial charge is 0.433 e. The fraction of sp³-hybridized carbons (Fsp3) is 0.571. The van der Waals surface area contributed by atoms with Crippen LogP contribution in [-0.2, 0) is 6.18 Å². The molecule has 21 heavy (non-hydrogen) atoms. The third-order valence-electron chi connectivity index (χ3n) is 3.71. The summed E-state index contributed by atoms with van der Waals surface area (Å²) in [5.74, 6) is 0.110. The first-order valence-corrected chi connectivity index (χ1v) is 6.85. The maximum Gasteiger partial charge on any atom is 0.433 e. The van der Waals surface area contributed by atoms with Gasteiger partial charge in [0.25, 0.3) is 0 Å². The van der Waals surface area contributed by atoms with E-state index in [1.807, 2.05) is 6.07 Å². The molecule has 1 unspecified atom stereocenters. The minimum absolute atomic E-state index is 0.0862. The first-order chi connectivity index (χ1) is 9.93. The Morgan fingerprint density at radius 1 is 1.33 bits per heavy atom. The number of nitriles is 1. The molecule has 4 nitrogen and oxygen atoms in total. The third kappa shape index (κ3) is 3.64. The Balaban J connectivity index is 2.33. The number of pyridine rings is 1. The van der Waals surface area contributed by atoms with Gasteiger partial charge >= 0.3 is 6.18 Å². The van der Waals surface area contributed by atoms with E-state index in [1.165, 1.54) is 6.07 Å². The predicted octanol–water partition coefficient (Wildman–Crippen LogP) is 2.55. The molecule has 114 valence electrons. The van der Waals surface area contributed by atoms with Crippen molar-refractivity contribution in [2.75, 3.05) is 25.0 Å². The average molecular weight is 298 g/mol. The summed E-state index contributed by atoms with van der Waals surface area (Å²) in [6, 6.07) is 4.05. The summed E-state index contributed by atoms with van der Waals surface area (Å²) in [5, 5.41) is 12.4. The Bertz CT molecular complexity index is 528. The molecule has 0 radical (unpaired) electrons. The summed E-state index contributed by atoms with van der Waals surface area (Å²) in [6.45, 7) is 1.72. The minimum atomic E-state index is -4.51. The van der Waals surface area contributed by atoms with Gasteiger partial charge in [0.15, 0.2) is 0 Å². The van der Waals surface area contributed by atoms with Gasteiger partial charge in [-0.25, -0.2) is 4.98 Å². The van der Waals surface area contributed by atoms with E-state index in [1.54, 1.807) is 11.9 Å². The average Bonchev–Trinajstić information content (AvgIpc) is 2.74. The van der Waals surface area contributed by atoms with E-state index in [-0.39, 0.29) is 17.4 Å². The van der Waals surface area contributed by atoms with Crippen LogP contribution in [0, 0.1) is 11.3 Å². The maximum absolute atomic E-state index is 12.8. The number of alkyl halides is 3. The summed E-state index contributed by atoms with van der Waals surface area (Å²) in [4.78, 5) is 5.39. The van der Waals surface area contributed by atoms with Crippen LogP contribution >= 0.6 is 0 Å². The van der Waals surface area contributed by atoms with Crippen LogP contribution in [-0.4, -0.2) is 31.2 Å². The molecule has 2 heterocycles. The zero-order chi connectivity index (χ0) is 15.5. The number of anilines is 1. The van der Waals surface area contributed by atoms with Crippen molar-refractivity contribution in [2.45, 2.75) is 31.5 Å². The van der Waals surface area contributed by atoms with Crippen molar-refractivity contribution in [3.8, 4) is 6.07 Å². The van der Waals surface area contributed by atoms with Gasteiger partial charge in [-0.15, -0.1) is 0 Å². The van der Waals surface area contributed by atoms with Gasteiger partial charge in [-0.05, 0) is 44.5 Å². The van der Waals surface area contributed by atoms with Crippen LogP contribution in [0.2, 0.25) is 0 Å². The van der Waals surface area contributed by atoms with Crippen molar-refractivity contribution in [1.82, 2.24) is 10.3 Å². The molecule has 1 fully saturated rings. The van der Waals surface area contributed by atoms with Crippen molar-refractivity contribution in [2.24, 2.45) is 0 Å². The van der Waals surface area contributed by atoms with Crippen molar-refractivity contribution < 1.29 is 13.2 Å². The van der Waals surface area contributed by atoms with Crippen LogP contribution in [0.25, 0.3) is 0 Å². The van der Waals surface area contributed by atoms with E-state index in [2.05, 4.69) is 10.3 Å². The number of hydrogen-bond acceptors (Lipinski definition) is 4. The normalized spacial score (nSPS) is 19.7. The molecule has 0 aliphatic carbocycles. The van der Waals surface area contributed by atoms with Gasteiger partial charge in [-0.3, -0.25) is 0 Å². The molecule has 1 aromatic heterocycles. The minimum Gasteiger partial charge on any atom is -0.356 e. The Labute approximate surface area is 121 Å². The van der Waals surface area contributed by atoms with Crippen LogP contribution in [0.1, 0.15) is 30.5 Å². The lowest BCUT2D eigenvalue weighted by atomic mass is 10.1. The van der Waals surface area contributed by atoms with Gasteiger partial charge in [0.1, 0.15) is 17.6 Å². The van der Waals surface area contributed by atoms with E-state index < -0.39 is 11.9 Å². The molecule has 0 amide bonds. The van der Waals surface area contributed by atoms with Gasteiger partial charge in [0.05, 0.1) is 5.56 Å². The highest BCUT2D eigenvalue weighted by Gasteiger charge is 2.34. The molecule has 1 aliphatic rings. The lowest BCUT2D eigenvalue weighted by Crippen LogP contribution is -2.34. The highest BCUT2D eigenvalue weighted by atomic mass is 19.4. The molecule has 2 rings (SSSR count). The Morgan fingerprint density at radius 3 is 2.76 bits per heavy atom. The number of nitrogens with zero attached hydrogens (tertiary/aromatic N) is 3. The molecular weight excluding hydrogens is 281 g/mol. The topological polar surface area (TPSA) is 52.0 Å². The Morgan fingerprint density at radius 2 is 2.10 bits per heavy atom. The van der Waals surface area contributed by atoms with Crippen LogP contribution < -0.4 is 10.2 Å². The number of rotatable bonds is 2. The summed E-state index contributed by atoms with van der Waals surface area (Å²) < 4.78 is 38.4. The fourth-order valence-corrected chi connectivity index (χ4v) is 2.52. The Hall–Kier alpha value is -1.81. The quantitative estimate of drug-likeness (QED) is 0.911. The lowest BCUT2D eigenvalue weighted by molar-refractivity contribution is -0.141. The van der Waals surface area contributed by atoms with Gasteiger partial charge in [-0.1, -0.05) is 0 Å². The zero-order valence-electron chi connectivity index (χ0n) is 11.7. The second-order valence-electron chi connectivity index (χ2n) is 5.12. The first kappa shape index (κ1) is 15.6.